The molecule has 2 atom stereocenters. The molecule has 0 aromatic heterocycles. The molecule has 7 nitrogen and oxygen atoms in total. The number of benzene rings is 2. The van der Waals surface area contributed by atoms with Crippen LogP contribution in [0.15, 0.2) is 54.6 Å². The van der Waals surface area contributed by atoms with Gasteiger partial charge in [0.2, 0.25) is 0 Å². The van der Waals surface area contributed by atoms with Crippen molar-refractivity contribution >= 4 is 23.5 Å². The minimum Gasteiger partial charge on any atom is -0.482 e. The summed E-state index contributed by atoms with van der Waals surface area (Å²) >= 11 is 0. The van der Waals surface area contributed by atoms with Crippen molar-refractivity contribution in [2.45, 2.75) is 32.3 Å². The van der Waals surface area contributed by atoms with Crippen molar-refractivity contribution in [1.82, 2.24) is 5.32 Å². The van der Waals surface area contributed by atoms with Crippen molar-refractivity contribution in [3.63, 3.8) is 0 Å². The lowest BCUT2D eigenvalue weighted by molar-refractivity contribution is -0.154. The number of fused-ring (bicyclic) bond motifs is 1. The minimum atomic E-state index is -0.909. The summed E-state index contributed by atoms with van der Waals surface area (Å²) in [7, 11) is 0. The normalized spacial score (nSPS) is 14.9. The summed E-state index contributed by atoms with van der Waals surface area (Å²) in [6.45, 7) is 4.10. The molecule has 2 aromatic carbocycles. The van der Waals surface area contributed by atoms with Gasteiger partial charge in [0.15, 0.2) is 12.7 Å². The molecule has 2 aromatic rings. The van der Waals surface area contributed by atoms with Gasteiger partial charge in [0.25, 0.3) is 11.8 Å². The average molecular weight is 410 g/mol. The molecule has 0 unspecified atom stereocenters. The third kappa shape index (κ3) is 5.37. The predicted octanol–water partition coefficient (Wildman–Crippen LogP) is 2.65. The predicted molar refractivity (Wildman–Crippen MR) is 112 cm³/mol. The minimum absolute atomic E-state index is 0.0158. The van der Waals surface area contributed by atoms with Crippen LogP contribution in [0.4, 0.5) is 5.69 Å². The van der Waals surface area contributed by atoms with Gasteiger partial charge in [-0.1, -0.05) is 49.4 Å². The van der Waals surface area contributed by atoms with E-state index in [0.717, 1.165) is 5.56 Å². The van der Waals surface area contributed by atoms with Gasteiger partial charge < -0.3 is 19.7 Å². The number of rotatable bonds is 8. The van der Waals surface area contributed by atoms with Gasteiger partial charge in [-0.2, -0.15) is 0 Å². The third-order valence-corrected chi connectivity index (χ3v) is 4.98. The van der Waals surface area contributed by atoms with E-state index in [1.165, 1.54) is 11.8 Å². The maximum absolute atomic E-state index is 12.3. The first-order valence-corrected chi connectivity index (χ1v) is 10.00. The van der Waals surface area contributed by atoms with Crippen LogP contribution in [-0.4, -0.2) is 43.6 Å². The molecule has 0 aliphatic carbocycles. The number of hydrogen-bond acceptors (Lipinski definition) is 5. The van der Waals surface area contributed by atoms with Crippen molar-refractivity contribution < 1.29 is 23.9 Å². The van der Waals surface area contributed by atoms with E-state index in [0.29, 0.717) is 18.0 Å². The number of ether oxygens (including phenoxy) is 2. The number of carbonyl (C=O) groups excluding carboxylic acids is 3. The van der Waals surface area contributed by atoms with Gasteiger partial charge in [0.1, 0.15) is 5.75 Å². The van der Waals surface area contributed by atoms with Gasteiger partial charge in [-0.15, -0.1) is 0 Å². The Balaban J connectivity index is 1.45. The van der Waals surface area contributed by atoms with Gasteiger partial charge in [0, 0.05) is 13.1 Å². The number of esters is 1. The molecule has 1 aliphatic rings. The Hall–Kier alpha value is -3.35. The Labute approximate surface area is 176 Å². The molecule has 7 heteroatoms. The van der Waals surface area contributed by atoms with E-state index in [2.05, 4.69) is 5.32 Å². The van der Waals surface area contributed by atoms with Crippen LogP contribution < -0.4 is 15.0 Å². The highest BCUT2D eigenvalue weighted by atomic mass is 16.5. The van der Waals surface area contributed by atoms with E-state index >= 15 is 0 Å². The van der Waals surface area contributed by atoms with Crippen LogP contribution >= 0.6 is 0 Å². The van der Waals surface area contributed by atoms with Gasteiger partial charge in [-0.25, -0.2) is 0 Å². The van der Waals surface area contributed by atoms with E-state index < -0.39 is 12.1 Å². The first-order valence-electron chi connectivity index (χ1n) is 10.00. The molecule has 1 N–H and O–H groups in total. The molecule has 3 rings (SSSR count). The van der Waals surface area contributed by atoms with E-state index in [4.69, 9.17) is 9.47 Å². The van der Waals surface area contributed by atoms with Crippen molar-refractivity contribution in [2.24, 2.45) is 0 Å². The fourth-order valence-electron chi connectivity index (χ4n) is 3.21. The summed E-state index contributed by atoms with van der Waals surface area (Å²) < 4.78 is 10.6. The number of anilines is 1. The van der Waals surface area contributed by atoms with Crippen molar-refractivity contribution in [2.75, 3.05) is 24.6 Å². The number of hydrogen-bond donors (Lipinski definition) is 1. The van der Waals surface area contributed by atoms with Crippen LogP contribution in [0.2, 0.25) is 0 Å². The topological polar surface area (TPSA) is 84.9 Å². The highest BCUT2D eigenvalue weighted by Gasteiger charge is 2.26. The lowest BCUT2D eigenvalue weighted by Gasteiger charge is -2.29. The molecule has 0 radical (unpaired) electrons. The Morgan fingerprint density at radius 1 is 1.10 bits per heavy atom. The first kappa shape index (κ1) is 21.4. The number of para-hydroxylation sites is 2. The highest BCUT2D eigenvalue weighted by Crippen LogP contribution is 2.31. The molecule has 1 aliphatic heterocycles. The smallest absolute Gasteiger partial charge is 0.308 e. The molecule has 0 saturated heterocycles. The standard InChI is InChI=1S/C23H26N2O5/c1-16(18-8-4-3-5-9-18)14-24-23(28)17(2)30-22(27)12-13-25-19-10-6-7-11-20(19)29-15-21(25)26/h3-11,16-17H,12-15H2,1-2H3,(H,24,28)/t16-,17-/m1/s1. The van der Waals surface area contributed by atoms with Gasteiger partial charge in [-0.05, 0) is 30.5 Å². The van der Waals surface area contributed by atoms with Crippen LogP contribution in [0.25, 0.3) is 0 Å². The van der Waals surface area contributed by atoms with E-state index in [1.807, 2.05) is 43.3 Å². The van der Waals surface area contributed by atoms with Crippen LogP contribution in [0.3, 0.4) is 0 Å². The molecule has 2 amide bonds. The van der Waals surface area contributed by atoms with E-state index in [-0.39, 0.29) is 37.3 Å². The Kier molecular flexibility index (Phi) is 7.06. The zero-order valence-electron chi connectivity index (χ0n) is 17.2. The molecule has 158 valence electrons. The maximum atomic E-state index is 12.3. The summed E-state index contributed by atoms with van der Waals surface area (Å²) in [4.78, 5) is 38.1. The fourth-order valence-corrected chi connectivity index (χ4v) is 3.21. The lowest BCUT2D eigenvalue weighted by Crippen LogP contribution is -2.41. The van der Waals surface area contributed by atoms with Crippen LogP contribution in [0.1, 0.15) is 31.7 Å². The van der Waals surface area contributed by atoms with Crippen LogP contribution in [0.5, 0.6) is 5.75 Å². The third-order valence-electron chi connectivity index (χ3n) is 4.98. The monoisotopic (exact) mass is 410 g/mol. The molecule has 0 saturated carbocycles. The first-order chi connectivity index (χ1) is 14.5. The van der Waals surface area contributed by atoms with Gasteiger partial charge >= 0.3 is 5.97 Å². The lowest BCUT2D eigenvalue weighted by atomic mass is 10.0. The second-order valence-electron chi connectivity index (χ2n) is 7.24. The number of carbonyl (C=O) groups is 3. The Bertz CT molecular complexity index is 899. The molecule has 0 spiro atoms. The Morgan fingerprint density at radius 3 is 2.57 bits per heavy atom. The largest absolute Gasteiger partial charge is 0.482 e. The molecule has 30 heavy (non-hydrogen) atoms. The van der Waals surface area contributed by atoms with E-state index in [1.54, 1.807) is 18.2 Å². The molecule has 1 heterocycles. The summed E-state index contributed by atoms with van der Waals surface area (Å²) in [6, 6.07) is 17.0. The van der Waals surface area contributed by atoms with Gasteiger partial charge in [0.05, 0.1) is 12.1 Å². The zero-order chi connectivity index (χ0) is 21.5. The summed E-state index contributed by atoms with van der Waals surface area (Å²) in [5.74, 6) is -0.358. The molecular weight excluding hydrogens is 384 g/mol. The average Bonchev–Trinajstić information content (AvgIpc) is 2.77. The number of nitrogens with zero attached hydrogens (tertiary/aromatic N) is 1. The van der Waals surface area contributed by atoms with Crippen LogP contribution in [-0.2, 0) is 19.1 Å². The van der Waals surface area contributed by atoms with Crippen LogP contribution in [0, 0.1) is 0 Å². The maximum Gasteiger partial charge on any atom is 0.308 e. The number of nitrogens with one attached hydrogen (secondary N) is 1. The van der Waals surface area contributed by atoms with Crippen molar-refractivity contribution in [3.8, 4) is 5.75 Å². The summed E-state index contributed by atoms with van der Waals surface area (Å²) in [5.41, 5.74) is 1.75. The number of amides is 2. The van der Waals surface area contributed by atoms with Gasteiger partial charge in [-0.3, -0.25) is 14.4 Å². The second kappa shape index (κ2) is 9.91. The quantitative estimate of drug-likeness (QED) is 0.677. The second-order valence-corrected chi connectivity index (χ2v) is 7.24. The molecular formula is C23H26N2O5. The summed E-state index contributed by atoms with van der Waals surface area (Å²) in [6.07, 6.45) is -0.925. The summed E-state index contributed by atoms with van der Waals surface area (Å²) in [5, 5.41) is 2.81. The molecule has 0 bridgehead atoms. The van der Waals surface area contributed by atoms with Crippen molar-refractivity contribution in [3.05, 3.63) is 60.2 Å². The SMILES string of the molecule is C[C@H](CNC(=O)[C@@H](C)OC(=O)CCN1C(=O)COc2ccccc21)c1ccccc1. The highest BCUT2D eigenvalue weighted by molar-refractivity contribution is 5.98. The fraction of sp³-hybridized carbons (Fsp3) is 0.348. The zero-order valence-corrected chi connectivity index (χ0v) is 17.2. The van der Waals surface area contributed by atoms with Crippen molar-refractivity contribution in [1.29, 1.82) is 0 Å². The van der Waals surface area contributed by atoms with E-state index in [9.17, 15) is 14.4 Å². The molecule has 0 fully saturated rings. The Morgan fingerprint density at radius 2 is 1.80 bits per heavy atom.